The summed E-state index contributed by atoms with van der Waals surface area (Å²) < 4.78 is 11.6. The minimum absolute atomic E-state index is 0.345. The molecular formula is C17H15BrO4S. The Hall–Kier alpha value is -1.79. The standard InChI is InChI=1S/C17H15BrO4S/c1-21-15-7-11(9-19)6-13(10-23-2)16(15)22-17(20)12-4-3-5-14(18)8-12/h3-9H,10H2,1-2H3. The second-order valence-corrected chi connectivity index (χ2v) is 6.44. The number of aldehydes is 1. The lowest BCUT2D eigenvalue weighted by Crippen LogP contribution is -2.11. The molecule has 0 unspecified atom stereocenters. The Morgan fingerprint density at radius 3 is 2.70 bits per heavy atom. The molecule has 23 heavy (non-hydrogen) atoms. The number of benzene rings is 2. The highest BCUT2D eigenvalue weighted by Crippen LogP contribution is 2.35. The Bertz CT molecular complexity index is 731. The summed E-state index contributed by atoms with van der Waals surface area (Å²) in [6, 6.07) is 10.2. The lowest BCUT2D eigenvalue weighted by atomic mass is 10.1. The van der Waals surface area contributed by atoms with Crippen LogP contribution in [0.1, 0.15) is 26.3 Å². The number of rotatable bonds is 6. The highest BCUT2D eigenvalue weighted by molar-refractivity contribution is 9.10. The zero-order valence-corrected chi connectivity index (χ0v) is 15.1. The van der Waals surface area contributed by atoms with E-state index in [1.807, 2.05) is 12.3 Å². The summed E-state index contributed by atoms with van der Waals surface area (Å²) in [5.41, 5.74) is 1.64. The SMILES string of the molecule is COc1cc(C=O)cc(CSC)c1OC(=O)c1cccc(Br)c1. The van der Waals surface area contributed by atoms with Gasteiger partial charge in [0, 0.05) is 21.4 Å². The summed E-state index contributed by atoms with van der Waals surface area (Å²) in [6.45, 7) is 0. The van der Waals surface area contributed by atoms with Crippen molar-refractivity contribution in [1.82, 2.24) is 0 Å². The van der Waals surface area contributed by atoms with E-state index < -0.39 is 5.97 Å². The quantitative estimate of drug-likeness (QED) is 0.414. The third-order valence-electron chi connectivity index (χ3n) is 3.07. The number of halogens is 1. The molecule has 0 atom stereocenters. The Kier molecular flexibility index (Phi) is 6.24. The number of ether oxygens (including phenoxy) is 2. The van der Waals surface area contributed by atoms with Crippen LogP contribution in [0.25, 0.3) is 0 Å². The summed E-state index contributed by atoms with van der Waals surface area (Å²) in [4.78, 5) is 23.4. The lowest BCUT2D eigenvalue weighted by Gasteiger charge is -2.14. The van der Waals surface area contributed by atoms with E-state index in [1.165, 1.54) is 7.11 Å². The fourth-order valence-corrected chi connectivity index (χ4v) is 2.97. The van der Waals surface area contributed by atoms with Crippen LogP contribution in [0.4, 0.5) is 0 Å². The van der Waals surface area contributed by atoms with Crippen LogP contribution in [-0.4, -0.2) is 25.6 Å². The first-order chi connectivity index (χ1) is 11.1. The van der Waals surface area contributed by atoms with Gasteiger partial charge in [0.15, 0.2) is 11.5 Å². The number of hydrogen-bond donors (Lipinski definition) is 0. The van der Waals surface area contributed by atoms with Crippen molar-refractivity contribution in [3.05, 3.63) is 57.6 Å². The number of esters is 1. The molecule has 0 fully saturated rings. The molecular weight excluding hydrogens is 380 g/mol. The van der Waals surface area contributed by atoms with E-state index >= 15 is 0 Å². The van der Waals surface area contributed by atoms with Gasteiger partial charge in [0.2, 0.25) is 0 Å². The zero-order valence-electron chi connectivity index (χ0n) is 12.7. The monoisotopic (exact) mass is 394 g/mol. The maximum atomic E-state index is 12.4. The topological polar surface area (TPSA) is 52.6 Å². The first-order valence-corrected chi connectivity index (χ1v) is 8.90. The van der Waals surface area contributed by atoms with Gasteiger partial charge in [-0.3, -0.25) is 4.79 Å². The van der Waals surface area contributed by atoms with E-state index in [4.69, 9.17) is 9.47 Å². The van der Waals surface area contributed by atoms with E-state index in [9.17, 15) is 9.59 Å². The Balaban J connectivity index is 2.40. The van der Waals surface area contributed by atoms with Crippen molar-refractivity contribution in [2.75, 3.05) is 13.4 Å². The largest absolute Gasteiger partial charge is 0.493 e. The Labute approximate surface area is 147 Å². The molecule has 6 heteroatoms. The van der Waals surface area contributed by atoms with Crippen molar-refractivity contribution in [2.45, 2.75) is 5.75 Å². The molecule has 0 amide bonds. The molecule has 0 aromatic heterocycles. The molecule has 4 nitrogen and oxygen atoms in total. The predicted molar refractivity (Wildman–Crippen MR) is 94.7 cm³/mol. The van der Waals surface area contributed by atoms with Gasteiger partial charge in [-0.1, -0.05) is 22.0 Å². The number of hydrogen-bond acceptors (Lipinski definition) is 5. The highest BCUT2D eigenvalue weighted by Gasteiger charge is 2.18. The maximum absolute atomic E-state index is 12.4. The van der Waals surface area contributed by atoms with Gasteiger partial charge >= 0.3 is 5.97 Å². The molecule has 2 aromatic rings. The summed E-state index contributed by atoms with van der Waals surface area (Å²) in [6.07, 6.45) is 2.67. The van der Waals surface area contributed by atoms with Crippen LogP contribution >= 0.6 is 27.7 Å². The minimum atomic E-state index is -0.481. The molecule has 0 bridgehead atoms. The van der Waals surface area contributed by atoms with Gasteiger partial charge in [-0.05, 0) is 36.6 Å². The van der Waals surface area contributed by atoms with Crippen LogP contribution in [0.3, 0.4) is 0 Å². The fraction of sp³-hybridized carbons (Fsp3) is 0.176. The normalized spacial score (nSPS) is 10.2. The fourth-order valence-electron chi connectivity index (χ4n) is 2.05. The van der Waals surface area contributed by atoms with Crippen molar-refractivity contribution in [2.24, 2.45) is 0 Å². The van der Waals surface area contributed by atoms with Crippen molar-refractivity contribution >= 4 is 39.9 Å². The summed E-state index contributed by atoms with van der Waals surface area (Å²) >= 11 is 4.89. The molecule has 0 saturated carbocycles. The van der Waals surface area contributed by atoms with Gasteiger partial charge in [-0.2, -0.15) is 11.8 Å². The van der Waals surface area contributed by atoms with Crippen LogP contribution in [0.15, 0.2) is 40.9 Å². The molecule has 2 aromatic carbocycles. The zero-order chi connectivity index (χ0) is 16.8. The predicted octanol–water partition coefficient (Wildman–Crippen LogP) is 4.35. The van der Waals surface area contributed by atoms with Crippen LogP contribution < -0.4 is 9.47 Å². The first-order valence-electron chi connectivity index (χ1n) is 6.71. The Morgan fingerprint density at radius 2 is 2.09 bits per heavy atom. The molecule has 0 radical (unpaired) electrons. The average Bonchev–Trinajstić information content (AvgIpc) is 2.56. The summed E-state index contributed by atoms with van der Waals surface area (Å²) in [5.74, 6) is 0.823. The van der Waals surface area contributed by atoms with E-state index in [2.05, 4.69) is 15.9 Å². The molecule has 0 saturated heterocycles. The van der Waals surface area contributed by atoms with Gasteiger partial charge < -0.3 is 9.47 Å². The third kappa shape index (κ3) is 4.36. The number of methoxy groups -OCH3 is 1. The van der Waals surface area contributed by atoms with E-state index in [0.29, 0.717) is 28.4 Å². The van der Waals surface area contributed by atoms with Crippen molar-refractivity contribution < 1.29 is 19.1 Å². The Morgan fingerprint density at radius 1 is 1.30 bits per heavy atom. The lowest BCUT2D eigenvalue weighted by molar-refractivity contribution is 0.0728. The molecule has 120 valence electrons. The smallest absolute Gasteiger partial charge is 0.343 e. The molecule has 0 aliphatic rings. The van der Waals surface area contributed by atoms with Gasteiger partial charge in [0.1, 0.15) is 6.29 Å². The van der Waals surface area contributed by atoms with Gasteiger partial charge in [0.25, 0.3) is 0 Å². The van der Waals surface area contributed by atoms with Gasteiger partial charge in [-0.25, -0.2) is 4.79 Å². The second-order valence-electron chi connectivity index (χ2n) is 4.66. The van der Waals surface area contributed by atoms with Gasteiger partial charge in [0.05, 0.1) is 12.7 Å². The first kappa shape index (κ1) is 17.6. The molecule has 0 aliphatic heterocycles. The van der Waals surface area contributed by atoms with E-state index in [0.717, 1.165) is 16.3 Å². The van der Waals surface area contributed by atoms with E-state index in [-0.39, 0.29) is 0 Å². The van der Waals surface area contributed by atoms with Crippen LogP contribution in [0.2, 0.25) is 0 Å². The third-order valence-corrected chi connectivity index (χ3v) is 4.16. The molecule has 0 N–H and O–H groups in total. The molecule has 0 aliphatic carbocycles. The maximum Gasteiger partial charge on any atom is 0.343 e. The van der Waals surface area contributed by atoms with Gasteiger partial charge in [-0.15, -0.1) is 0 Å². The summed E-state index contributed by atoms with van der Waals surface area (Å²) in [7, 11) is 1.48. The molecule has 0 spiro atoms. The van der Waals surface area contributed by atoms with Crippen LogP contribution in [0.5, 0.6) is 11.5 Å². The van der Waals surface area contributed by atoms with Crippen LogP contribution in [-0.2, 0) is 5.75 Å². The van der Waals surface area contributed by atoms with Crippen LogP contribution in [0, 0.1) is 0 Å². The highest BCUT2D eigenvalue weighted by atomic mass is 79.9. The average molecular weight is 395 g/mol. The summed E-state index contributed by atoms with van der Waals surface area (Å²) in [5, 5.41) is 0. The van der Waals surface area contributed by atoms with Crippen molar-refractivity contribution in [1.29, 1.82) is 0 Å². The molecule has 0 heterocycles. The van der Waals surface area contributed by atoms with Crippen molar-refractivity contribution in [3.63, 3.8) is 0 Å². The number of thioether (sulfide) groups is 1. The number of carbonyl (C=O) groups is 2. The number of carbonyl (C=O) groups excluding carboxylic acids is 2. The second kappa shape index (κ2) is 8.17. The van der Waals surface area contributed by atoms with E-state index in [1.54, 1.807) is 42.1 Å². The van der Waals surface area contributed by atoms with Crippen molar-refractivity contribution in [3.8, 4) is 11.5 Å². The molecule has 2 rings (SSSR count). The minimum Gasteiger partial charge on any atom is -0.493 e.